The van der Waals surface area contributed by atoms with Gasteiger partial charge in [0, 0.05) is 24.4 Å². The Bertz CT molecular complexity index is 1290. The molecule has 1 aliphatic heterocycles. The molecule has 2 N–H and O–H groups in total. The molecule has 2 aliphatic rings. The van der Waals surface area contributed by atoms with E-state index in [0.717, 1.165) is 24.0 Å². The Morgan fingerprint density at radius 2 is 1.58 bits per heavy atom. The van der Waals surface area contributed by atoms with Crippen LogP contribution in [0.2, 0.25) is 0 Å². The molecule has 0 spiro atoms. The number of hydrogen-bond acceptors (Lipinski definition) is 4. The lowest BCUT2D eigenvalue weighted by molar-refractivity contribution is -0.129. The second kappa shape index (κ2) is 11.1. The van der Waals surface area contributed by atoms with Gasteiger partial charge in [-0.3, -0.25) is 14.5 Å². The second-order valence-corrected chi connectivity index (χ2v) is 10.2. The second-order valence-electron chi connectivity index (χ2n) is 10.2. The maximum Gasteiger partial charge on any atom is 0.325 e. The lowest BCUT2D eigenvalue weighted by Crippen LogP contribution is -2.49. The third-order valence-electron chi connectivity index (χ3n) is 7.94. The fourth-order valence-corrected chi connectivity index (χ4v) is 5.83. The Morgan fingerprint density at radius 1 is 0.947 bits per heavy atom. The van der Waals surface area contributed by atoms with Gasteiger partial charge >= 0.3 is 6.03 Å². The van der Waals surface area contributed by atoms with Crippen molar-refractivity contribution < 1.29 is 19.1 Å². The number of benzene rings is 3. The fourth-order valence-electron chi connectivity index (χ4n) is 5.83. The van der Waals surface area contributed by atoms with Crippen molar-refractivity contribution in [3.05, 3.63) is 102 Å². The number of nitrogens with one attached hydrogen (secondary N) is 2. The van der Waals surface area contributed by atoms with Crippen molar-refractivity contribution in [2.75, 3.05) is 13.7 Å². The molecule has 5 rings (SSSR count). The van der Waals surface area contributed by atoms with E-state index in [-0.39, 0.29) is 29.3 Å². The number of amides is 4. The Balaban J connectivity index is 1.29. The van der Waals surface area contributed by atoms with Crippen molar-refractivity contribution in [3.8, 4) is 5.75 Å². The van der Waals surface area contributed by atoms with Gasteiger partial charge in [-0.1, -0.05) is 72.8 Å². The molecule has 38 heavy (non-hydrogen) atoms. The molecule has 1 heterocycles. The van der Waals surface area contributed by atoms with Gasteiger partial charge in [-0.2, -0.15) is 0 Å². The Morgan fingerprint density at radius 3 is 2.26 bits per heavy atom. The summed E-state index contributed by atoms with van der Waals surface area (Å²) in [5.74, 6) is 0.198. The average Bonchev–Trinajstić information content (AvgIpc) is 3.25. The molecule has 196 valence electrons. The summed E-state index contributed by atoms with van der Waals surface area (Å²) < 4.78 is 5.37. The monoisotopic (exact) mass is 511 g/mol. The first kappa shape index (κ1) is 25.5. The molecular weight excluding hydrogens is 478 g/mol. The van der Waals surface area contributed by atoms with Gasteiger partial charge in [0.1, 0.15) is 11.8 Å². The van der Waals surface area contributed by atoms with Gasteiger partial charge in [-0.05, 0) is 48.9 Å². The molecule has 1 unspecified atom stereocenters. The van der Waals surface area contributed by atoms with Crippen LogP contribution < -0.4 is 15.4 Å². The van der Waals surface area contributed by atoms with Crippen LogP contribution in [0.1, 0.15) is 47.2 Å². The van der Waals surface area contributed by atoms with E-state index in [1.165, 1.54) is 4.90 Å². The first-order valence-corrected chi connectivity index (χ1v) is 13.1. The lowest BCUT2D eigenvalue weighted by atomic mass is 9.67. The van der Waals surface area contributed by atoms with Crippen LogP contribution in [0.3, 0.4) is 0 Å². The summed E-state index contributed by atoms with van der Waals surface area (Å²) >= 11 is 0. The van der Waals surface area contributed by atoms with E-state index in [4.69, 9.17) is 4.74 Å². The van der Waals surface area contributed by atoms with Gasteiger partial charge in [0.05, 0.1) is 12.7 Å². The quantitative estimate of drug-likeness (QED) is 0.437. The number of carbonyl (C=O) groups excluding carboxylic acids is 3. The molecule has 0 aromatic heterocycles. The van der Waals surface area contributed by atoms with Crippen LogP contribution in [-0.2, 0) is 16.6 Å². The fraction of sp³-hybridized carbons (Fsp3) is 0.323. The van der Waals surface area contributed by atoms with Gasteiger partial charge in [0.25, 0.3) is 11.8 Å². The summed E-state index contributed by atoms with van der Waals surface area (Å²) in [5, 5.41) is 6.03. The van der Waals surface area contributed by atoms with E-state index in [9.17, 15) is 14.4 Å². The Labute approximate surface area is 223 Å². The SMILES string of the molecule is COc1ccccc1C(=O)NCC1(c2ccccc2)CCC(N2C(=O)NC(Cc3ccccc3)C2=O)CC1. The van der Waals surface area contributed by atoms with Crippen LogP contribution in [0, 0.1) is 0 Å². The number of nitrogens with zero attached hydrogens (tertiary/aromatic N) is 1. The predicted molar refractivity (Wildman–Crippen MR) is 145 cm³/mol. The summed E-state index contributed by atoms with van der Waals surface area (Å²) in [6, 6.07) is 26.1. The molecule has 1 saturated heterocycles. The third kappa shape index (κ3) is 5.14. The highest BCUT2D eigenvalue weighted by Gasteiger charge is 2.46. The van der Waals surface area contributed by atoms with Gasteiger partial charge < -0.3 is 15.4 Å². The Kier molecular flexibility index (Phi) is 7.45. The topological polar surface area (TPSA) is 87.7 Å². The molecule has 1 aliphatic carbocycles. The van der Waals surface area contributed by atoms with Gasteiger partial charge in [-0.25, -0.2) is 4.79 Å². The lowest BCUT2D eigenvalue weighted by Gasteiger charge is -2.42. The predicted octanol–water partition coefficient (Wildman–Crippen LogP) is 4.47. The molecule has 3 aromatic rings. The summed E-state index contributed by atoms with van der Waals surface area (Å²) in [7, 11) is 1.55. The molecule has 0 bridgehead atoms. The maximum absolute atomic E-state index is 13.3. The summed E-state index contributed by atoms with van der Waals surface area (Å²) in [4.78, 5) is 40.7. The van der Waals surface area contributed by atoms with Crippen LogP contribution >= 0.6 is 0 Å². The highest BCUT2D eigenvalue weighted by molar-refractivity contribution is 6.04. The maximum atomic E-state index is 13.3. The highest BCUT2D eigenvalue weighted by Crippen LogP contribution is 2.41. The molecule has 3 aromatic carbocycles. The largest absolute Gasteiger partial charge is 0.496 e. The molecule has 1 atom stereocenters. The molecule has 7 heteroatoms. The zero-order valence-electron chi connectivity index (χ0n) is 21.6. The van der Waals surface area contributed by atoms with Crippen molar-refractivity contribution in [2.45, 2.75) is 49.6 Å². The number of methoxy groups -OCH3 is 1. The average molecular weight is 512 g/mol. The van der Waals surface area contributed by atoms with Crippen LogP contribution in [0.5, 0.6) is 5.75 Å². The number of ether oxygens (including phenoxy) is 1. The standard InChI is InChI=1S/C31H33N3O4/c1-38-27-15-9-8-14-25(27)28(35)32-21-31(23-12-6-3-7-13-23)18-16-24(17-19-31)34-29(36)26(33-30(34)37)20-22-10-4-2-5-11-22/h2-15,24,26H,16-21H2,1H3,(H,32,35)(H,33,37). The Hall–Kier alpha value is -4.13. The number of imide groups is 1. The zero-order chi connectivity index (χ0) is 26.5. The van der Waals surface area contributed by atoms with Crippen LogP contribution in [-0.4, -0.2) is 48.5 Å². The van der Waals surface area contributed by atoms with Crippen LogP contribution in [0.4, 0.5) is 4.79 Å². The van der Waals surface area contributed by atoms with Crippen LogP contribution in [0.25, 0.3) is 0 Å². The smallest absolute Gasteiger partial charge is 0.325 e. The molecule has 0 radical (unpaired) electrons. The van der Waals surface area contributed by atoms with Crippen molar-refractivity contribution in [3.63, 3.8) is 0 Å². The summed E-state index contributed by atoms with van der Waals surface area (Å²) in [6.45, 7) is 0.456. The van der Waals surface area contributed by atoms with Crippen molar-refractivity contribution in [2.24, 2.45) is 0 Å². The first-order valence-electron chi connectivity index (χ1n) is 13.1. The van der Waals surface area contributed by atoms with E-state index >= 15 is 0 Å². The molecule has 2 fully saturated rings. The molecular formula is C31H33N3O4. The summed E-state index contributed by atoms with van der Waals surface area (Å²) in [5.41, 5.74) is 2.37. The highest BCUT2D eigenvalue weighted by atomic mass is 16.5. The van der Waals surface area contributed by atoms with Crippen LogP contribution in [0.15, 0.2) is 84.9 Å². The minimum Gasteiger partial charge on any atom is -0.496 e. The van der Waals surface area contributed by atoms with Gasteiger partial charge in [-0.15, -0.1) is 0 Å². The number of para-hydroxylation sites is 1. The van der Waals surface area contributed by atoms with Gasteiger partial charge in [0.15, 0.2) is 0 Å². The number of rotatable bonds is 8. The number of hydrogen-bond donors (Lipinski definition) is 2. The summed E-state index contributed by atoms with van der Waals surface area (Å²) in [6.07, 6.45) is 3.33. The minimum absolute atomic E-state index is 0.152. The van der Waals surface area contributed by atoms with E-state index in [1.807, 2.05) is 60.7 Å². The third-order valence-corrected chi connectivity index (χ3v) is 7.94. The minimum atomic E-state index is -0.536. The van der Waals surface area contributed by atoms with Crippen molar-refractivity contribution in [1.82, 2.24) is 15.5 Å². The van der Waals surface area contributed by atoms with E-state index in [0.29, 0.717) is 37.1 Å². The molecule has 7 nitrogen and oxygen atoms in total. The zero-order valence-corrected chi connectivity index (χ0v) is 21.6. The van der Waals surface area contributed by atoms with E-state index < -0.39 is 6.04 Å². The molecule has 1 saturated carbocycles. The van der Waals surface area contributed by atoms with E-state index in [2.05, 4.69) is 22.8 Å². The van der Waals surface area contributed by atoms with E-state index in [1.54, 1.807) is 19.2 Å². The van der Waals surface area contributed by atoms with Crippen molar-refractivity contribution >= 4 is 17.8 Å². The number of urea groups is 1. The molecule has 4 amide bonds. The van der Waals surface area contributed by atoms with Crippen molar-refractivity contribution in [1.29, 1.82) is 0 Å². The number of carbonyl (C=O) groups is 3. The van der Waals surface area contributed by atoms with Gasteiger partial charge in [0.2, 0.25) is 0 Å². The normalized spacial score (nSPS) is 23.1. The first-order chi connectivity index (χ1) is 18.5.